The van der Waals surface area contributed by atoms with E-state index in [4.69, 9.17) is 4.98 Å². The monoisotopic (exact) mass is 575 g/mol. The van der Waals surface area contributed by atoms with E-state index >= 15 is 0 Å². The van der Waals surface area contributed by atoms with E-state index in [-0.39, 0.29) is 0 Å². The number of hydrogen-bond donors (Lipinski definition) is 0. The summed E-state index contributed by atoms with van der Waals surface area (Å²) in [6.07, 6.45) is 9.14. The van der Waals surface area contributed by atoms with Crippen molar-refractivity contribution in [3.63, 3.8) is 0 Å². The van der Waals surface area contributed by atoms with E-state index in [0.717, 1.165) is 29.6 Å². The van der Waals surface area contributed by atoms with Crippen LogP contribution in [0.15, 0.2) is 158 Å². The van der Waals surface area contributed by atoms with Crippen molar-refractivity contribution in [2.75, 3.05) is 0 Å². The zero-order chi connectivity index (χ0) is 30.2. The second-order valence-electron chi connectivity index (χ2n) is 11.8. The molecular weight excluding hydrogens is 542 g/mol. The minimum atomic E-state index is 1.01. The molecule has 0 saturated heterocycles. The third kappa shape index (κ3) is 4.87. The molecule has 0 fully saturated rings. The third-order valence-electron chi connectivity index (χ3n) is 9.03. The number of rotatable bonds is 3. The summed E-state index contributed by atoms with van der Waals surface area (Å²) >= 11 is 0. The van der Waals surface area contributed by atoms with Crippen LogP contribution in [0, 0.1) is 6.92 Å². The molecule has 0 bridgehead atoms. The Morgan fingerprint density at radius 3 is 2.13 bits per heavy atom. The first-order chi connectivity index (χ1) is 22.3. The molecule has 1 aromatic heterocycles. The summed E-state index contributed by atoms with van der Waals surface area (Å²) in [5.74, 6) is 0. The molecule has 0 spiro atoms. The van der Waals surface area contributed by atoms with E-state index in [1.54, 1.807) is 0 Å². The van der Waals surface area contributed by atoms with Gasteiger partial charge in [0, 0.05) is 21.7 Å². The average Bonchev–Trinajstić information content (AvgIpc) is 3.10. The maximum absolute atomic E-state index is 5.29. The van der Waals surface area contributed by atoms with Gasteiger partial charge in [-0.3, -0.25) is 0 Å². The lowest BCUT2D eigenvalue weighted by Crippen LogP contribution is -1.92. The number of para-hydroxylation sites is 1. The second kappa shape index (κ2) is 11.5. The lowest BCUT2D eigenvalue weighted by Gasteiger charge is -2.15. The van der Waals surface area contributed by atoms with Crippen LogP contribution in [-0.4, -0.2) is 4.98 Å². The van der Waals surface area contributed by atoms with Gasteiger partial charge in [0.25, 0.3) is 0 Å². The highest BCUT2D eigenvalue weighted by molar-refractivity contribution is 6.22. The van der Waals surface area contributed by atoms with Gasteiger partial charge in [0.05, 0.1) is 11.2 Å². The van der Waals surface area contributed by atoms with E-state index in [0.29, 0.717) is 0 Å². The van der Waals surface area contributed by atoms with Crippen molar-refractivity contribution in [3.8, 4) is 22.4 Å². The highest BCUT2D eigenvalue weighted by Crippen LogP contribution is 2.39. The van der Waals surface area contributed by atoms with Gasteiger partial charge in [-0.2, -0.15) is 0 Å². The van der Waals surface area contributed by atoms with Gasteiger partial charge >= 0.3 is 0 Å². The molecule has 0 unspecified atom stereocenters. The zero-order valence-corrected chi connectivity index (χ0v) is 25.4. The number of fused-ring (bicyclic) bond motifs is 6. The molecule has 0 saturated carbocycles. The maximum Gasteiger partial charge on any atom is 0.0788 e. The van der Waals surface area contributed by atoms with Gasteiger partial charge in [0.15, 0.2) is 0 Å². The Labute approximate surface area is 264 Å². The van der Waals surface area contributed by atoms with E-state index in [1.807, 2.05) is 0 Å². The van der Waals surface area contributed by atoms with Crippen LogP contribution < -0.4 is 0 Å². The number of aryl methyl sites for hydroxylation is 1. The Bertz CT molecular complexity index is 2370. The molecule has 1 aliphatic carbocycles. The Hall–Kier alpha value is -5.53. The first kappa shape index (κ1) is 27.0. The van der Waals surface area contributed by atoms with Crippen molar-refractivity contribution in [2.24, 2.45) is 0 Å². The summed E-state index contributed by atoms with van der Waals surface area (Å²) in [4.78, 5) is 5.29. The number of benzene rings is 5. The van der Waals surface area contributed by atoms with E-state index in [1.165, 1.54) is 65.5 Å². The molecule has 8 rings (SSSR count). The van der Waals surface area contributed by atoms with Crippen LogP contribution in [0.25, 0.3) is 71.2 Å². The molecular formula is C44H33N. The van der Waals surface area contributed by atoms with E-state index < -0.39 is 0 Å². The largest absolute Gasteiger partial charge is 0.247 e. The number of allylic oxidation sites excluding steroid dienone is 4. The SMILES string of the molecule is Cc1cccccc(-c2cccc(-c3nc4ccccc4c4c3ccc3ccccc34)c2)c2ccccc2c1C1=CCCC=C1. The summed E-state index contributed by atoms with van der Waals surface area (Å²) in [7, 11) is 0. The quantitative estimate of drug-likeness (QED) is 0.191. The fraction of sp³-hybridized carbons (Fsp3) is 0.0682. The van der Waals surface area contributed by atoms with Crippen molar-refractivity contribution in [1.82, 2.24) is 4.98 Å². The molecule has 1 aliphatic rings. The highest BCUT2D eigenvalue weighted by atomic mass is 14.7. The van der Waals surface area contributed by atoms with Crippen molar-refractivity contribution in [3.05, 3.63) is 169 Å². The lowest BCUT2D eigenvalue weighted by molar-refractivity contribution is 1.04. The van der Waals surface area contributed by atoms with Crippen LogP contribution in [0.2, 0.25) is 0 Å². The van der Waals surface area contributed by atoms with Gasteiger partial charge in [0.2, 0.25) is 0 Å². The van der Waals surface area contributed by atoms with Crippen LogP contribution in [0.4, 0.5) is 0 Å². The molecule has 45 heavy (non-hydrogen) atoms. The molecule has 0 amide bonds. The number of aromatic nitrogens is 1. The van der Waals surface area contributed by atoms with Crippen molar-refractivity contribution in [1.29, 1.82) is 0 Å². The van der Waals surface area contributed by atoms with Gasteiger partial charge in [-0.1, -0.05) is 146 Å². The summed E-state index contributed by atoms with van der Waals surface area (Å²) < 4.78 is 0. The highest BCUT2D eigenvalue weighted by Gasteiger charge is 2.15. The van der Waals surface area contributed by atoms with Crippen LogP contribution >= 0.6 is 0 Å². The summed E-state index contributed by atoms with van der Waals surface area (Å²) in [5, 5.41) is 8.60. The predicted octanol–water partition coefficient (Wildman–Crippen LogP) is 12.2. The summed E-state index contributed by atoms with van der Waals surface area (Å²) in [6, 6.07) is 50.4. The minimum Gasteiger partial charge on any atom is -0.247 e. The molecule has 0 N–H and O–H groups in total. The molecule has 1 nitrogen and oxygen atoms in total. The standard InChI is InChI=1S/C44H33N/c1-30-15-4-2-7-21-35(37-23-10-11-24-38(37)42(30)32-17-5-3-6-18-32)33-19-14-20-34(29-33)44-40-28-27-31-16-8-9-22-36(31)43(40)39-25-12-13-26-41(39)45-44/h2,4-5,7-29H,3,6H2,1H3. The predicted molar refractivity (Wildman–Crippen MR) is 194 cm³/mol. The molecule has 0 radical (unpaired) electrons. The number of pyridine rings is 1. The summed E-state index contributed by atoms with van der Waals surface area (Å²) in [6.45, 7) is 2.23. The smallest absolute Gasteiger partial charge is 0.0788 e. The molecule has 0 aliphatic heterocycles. The second-order valence-corrected chi connectivity index (χ2v) is 11.8. The van der Waals surface area contributed by atoms with E-state index in [2.05, 4.69) is 165 Å². The summed E-state index contributed by atoms with van der Waals surface area (Å²) in [5.41, 5.74) is 9.36. The fourth-order valence-corrected chi connectivity index (χ4v) is 6.95. The van der Waals surface area contributed by atoms with Crippen LogP contribution in [0.3, 0.4) is 0 Å². The topological polar surface area (TPSA) is 12.9 Å². The third-order valence-corrected chi connectivity index (χ3v) is 9.03. The van der Waals surface area contributed by atoms with Crippen molar-refractivity contribution in [2.45, 2.75) is 19.8 Å². The van der Waals surface area contributed by atoms with Gasteiger partial charge < -0.3 is 0 Å². The van der Waals surface area contributed by atoms with Crippen LogP contribution in [0.1, 0.15) is 24.0 Å². The van der Waals surface area contributed by atoms with Crippen LogP contribution in [-0.2, 0) is 0 Å². The minimum absolute atomic E-state index is 1.01. The van der Waals surface area contributed by atoms with Crippen molar-refractivity contribution < 1.29 is 0 Å². The van der Waals surface area contributed by atoms with Crippen molar-refractivity contribution >= 4 is 48.8 Å². The Morgan fingerprint density at radius 1 is 0.533 bits per heavy atom. The Kier molecular flexibility index (Phi) is 6.93. The molecule has 7 aromatic rings. The van der Waals surface area contributed by atoms with Gasteiger partial charge in [-0.25, -0.2) is 4.98 Å². The molecule has 1 heterocycles. The van der Waals surface area contributed by atoms with Gasteiger partial charge in [-0.15, -0.1) is 0 Å². The number of nitrogens with zero attached hydrogens (tertiary/aromatic N) is 1. The first-order valence-electron chi connectivity index (χ1n) is 15.8. The lowest BCUT2D eigenvalue weighted by atomic mass is 9.90. The normalized spacial score (nSPS) is 12.9. The van der Waals surface area contributed by atoms with E-state index in [9.17, 15) is 0 Å². The maximum atomic E-state index is 5.29. The first-order valence-corrected chi connectivity index (χ1v) is 15.8. The molecule has 0 atom stereocenters. The Morgan fingerprint density at radius 2 is 1.27 bits per heavy atom. The molecule has 214 valence electrons. The van der Waals surface area contributed by atoms with Crippen LogP contribution in [0.5, 0.6) is 0 Å². The average molecular weight is 576 g/mol. The fourth-order valence-electron chi connectivity index (χ4n) is 6.95. The molecule has 1 heteroatoms. The van der Waals surface area contributed by atoms with Gasteiger partial charge in [0.1, 0.15) is 0 Å². The van der Waals surface area contributed by atoms with Gasteiger partial charge in [-0.05, 0) is 81.3 Å². The Balaban J connectivity index is 1.42. The molecule has 6 aromatic carbocycles. The number of hydrogen-bond acceptors (Lipinski definition) is 1. The zero-order valence-electron chi connectivity index (χ0n) is 25.4.